The second kappa shape index (κ2) is 4.88. The first-order chi connectivity index (χ1) is 4.34. The monoisotopic (exact) mass is 169 g/mol. The molecule has 0 spiro atoms. The van der Waals surface area contributed by atoms with E-state index in [2.05, 4.69) is 5.32 Å². The van der Waals surface area contributed by atoms with Gasteiger partial charge in [0, 0.05) is 0 Å². The molecule has 1 aliphatic rings. The summed E-state index contributed by atoms with van der Waals surface area (Å²) in [7, 11) is 0. The van der Waals surface area contributed by atoms with Crippen LogP contribution >= 0.6 is 12.4 Å². The number of alkyl halides is 1. The van der Waals surface area contributed by atoms with E-state index < -0.39 is 6.17 Å². The van der Waals surface area contributed by atoms with Crippen molar-refractivity contribution in [3.63, 3.8) is 0 Å². The van der Waals surface area contributed by atoms with Gasteiger partial charge in [0.2, 0.25) is 0 Å². The summed E-state index contributed by atoms with van der Waals surface area (Å²) < 4.78 is 12.6. The van der Waals surface area contributed by atoms with Crippen LogP contribution < -0.4 is 5.32 Å². The van der Waals surface area contributed by atoms with Gasteiger partial charge >= 0.3 is 0 Å². The van der Waals surface area contributed by atoms with E-state index in [1.165, 1.54) is 0 Å². The SMILES string of the molecule is Cl.OC[C@@H]1NCCC[C@@H]1F. The summed E-state index contributed by atoms with van der Waals surface area (Å²) in [5.41, 5.74) is 0. The number of piperidine rings is 1. The fourth-order valence-electron chi connectivity index (χ4n) is 1.09. The van der Waals surface area contributed by atoms with Crippen molar-refractivity contribution in [1.82, 2.24) is 5.32 Å². The molecule has 0 radical (unpaired) electrons. The maximum absolute atomic E-state index is 12.6. The summed E-state index contributed by atoms with van der Waals surface area (Å²) in [5.74, 6) is 0. The predicted octanol–water partition coefficient (Wildman–Crippen LogP) is 0.491. The smallest absolute Gasteiger partial charge is 0.118 e. The number of nitrogens with one attached hydrogen (secondary N) is 1. The number of hydrogen-bond acceptors (Lipinski definition) is 2. The summed E-state index contributed by atoms with van der Waals surface area (Å²) in [5, 5.41) is 11.5. The molecule has 10 heavy (non-hydrogen) atoms. The molecule has 0 aliphatic carbocycles. The molecule has 0 bridgehead atoms. The lowest BCUT2D eigenvalue weighted by Crippen LogP contribution is -2.45. The minimum atomic E-state index is -0.844. The summed E-state index contributed by atoms with van der Waals surface area (Å²) in [6.07, 6.45) is 0.638. The van der Waals surface area contributed by atoms with E-state index in [0.717, 1.165) is 13.0 Å². The van der Waals surface area contributed by atoms with Crippen LogP contribution in [0.5, 0.6) is 0 Å². The van der Waals surface area contributed by atoms with Gasteiger partial charge in [-0.3, -0.25) is 0 Å². The van der Waals surface area contributed by atoms with Gasteiger partial charge in [-0.05, 0) is 19.4 Å². The number of hydrogen-bond donors (Lipinski definition) is 2. The molecule has 1 heterocycles. The van der Waals surface area contributed by atoms with Crippen molar-refractivity contribution < 1.29 is 9.50 Å². The fourth-order valence-corrected chi connectivity index (χ4v) is 1.09. The highest BCUT2D eigenvalue weighted by Crippen LogP contribution is 2.10. The molecule has 0 unspecified atom stereocenters. The first-order valence-electron chi connectivity index (χ1n) is 3.33. The third kappa shape index (κ3) is 2.40. The normalized spacial score (nSPS) is 33.0. The summed E-state index contributed by atoms with van der Waals surface area (Å²) in [6, 6.07) is -0.307. The van der Waals surface area contributed by atoms with E-state index in [1.807, 2.05) is 0 Å². The Labute approximate surface area is 66.2 Å². The van der Waals surface area contributed by atoms with Crippen molar-refractivity contribution in [3.05, 3.63) is 0 Å². The molecular formula is C6H13ClFNO. The largest absolute Gasteiger partial charge is 0.395 e. The number of halogens is 2. The number of rotatable bonds is 1. The van der Waals surface area contributed by atoms with Crippen LogP contribution in [-0.2, 0) is 0 Å². The van der Waals surface area contributed by atoms with E-state index in [-0.39, 0.29) is 25.1 Å². The molecule has 1 fully saturated rings. The Morgan fingerprint density at radius 1 is 1.60 bits per heavy atom. The quantitative estimate of drug-likeness (QED) is 0.599. The van der Waals surface area contributed by atoms with E-state index in [9.17, 15) is 4.39 Å². The summed E-state index contributed by atoms with van der Waals surface area (Å²) in [4.78, 5) is 0. The standard InChI is InChI=1S/C6H12FNO.ClH/c7-5-2-1-3-8-6(5)4-9;/h5-6,8-9H,1-4H2;1H/t5-,6-;/m0./s1. The molecule has 2 atom stereocenters. The average molecular weight is 170 g/mol. The highest BCUT2D eigenvalue weighted by Gasteiger charge is 2.22. The van der Waals surface area contributed by atoms with Crippen molar-refractivity contribution in [2.24, 2.45) is 0 Å². The summed E-state index contributed by atoms with van der Waals surface area (Å²) >= 11 is 0. The number of aliphatic hydroxyl groups excluding tert-OH is 1. The zero-order chi connectivity index (χ0) is 6.69. The van der Waals surface area contributed by atoms with Gasteiger partial charge in [-0.25, -0.2) is 4.39 Å². The predicted molar refractivity (Wildman–Crippen MR) is 40.3 cm³/mol. The Bertz CT molecular complexity index is 93.8. The van der Waals surface area contributed by atoms with Gasteiger partial charge in [0.15, 0.2) is 0 Å². The van der Waals surface area contributed by atoms with Crippen LogP contribution in [0.4, 0.5) is 4.39 Å². The maximum atomic E-state index is 12.6. The van der Waals surface area contributed by atoms with Gasteiger partial charge in [0.05, 0.1) is 12.6 Å². The van der Waals surface area contributed by atoms with Crippen LogP contribution in [0.15, 0.2) is 0 Å². The Balaban J connectivity index is 0.000000810. The molecule has 0 saturated carbocycles. The Morgan fingerprint density at radius 3 is 2.70 bits per heavy atom. The maximum Gasteiger partial charge on any atom is 0.118 e. The van der Waals surface area contributed by atoms with E-state index in [0.29, 0.717) is 6.42 Å². The van der Waals surface area contributed by atoms with Crippen LogP contribution in [0.2, 0.25) is 0 Å². The third-order valence-corrected chi connectivity index (χ3v) is 1.70. The lowest BCUT2D eigenvalue weighted by atomic mass is 10.0. The van der Waals surface area contributed by atoms with Crippen LogP contribution in [0, 0.1) is 0 Å². The molecule has 0 aromatic carbocycles. The molecule has 0 amide bonds. The topological polar surface area (TPSA) is 32.3 Å². The van der Waals surface area contributed by atoms with Crippen LogP contribution in [0.25, 0.3) is 0 Å². The van der Waals surface area contributed by atoms with Gasteiger partial charge in [-0.2, -0.15) is 0 Å². The highest BCUT2D eigenvalue weighted by atomic mass is 35.5. The van der Waals surface area contributed by atoms with Crippen molar-refractivity contribution >= 4 is 12.4 Å². The van der Waals surface area contributed by atoms with Crippen LogP contribution in [-0.4, -0.2) is 30.5 Å². The van der Waals surface area contributed by atoms with E-state index in [1.54, 1.807) is 0 Å². The van der Waals surface area contributed by atoms with Gasteiger partial charge in [0.1, 0.15) is 6.17 Å². The summed E-state index contributed by atoms with van der Waals surface area (Å²) in [6.45, 7) is 0.757. The van der Waals surface area contributed by atoms with E-state index >= 15 is 0 Å². The van der Waals surface area contributed by atoms with Crippen molar-refractivity contribution in [2.75, 3.05) is 13.2 Å². The Morgan fingerprint density at radius 2 is 2.30 bits per heavy atom. The first kappa shape index (κ1) is 10.1. The second-order valence-electron chi connectivity index (χ2n) is 2.40. The molecule has 2 N–H and O–H groups in total. The van der Waals surface area contributed by atoms with Crippen molar-refractivity contribution in [2.45, 2.75) is 25.1 Å². The Kier molecular flexibility index (Phi) is 4.95. The van der Waals surface area contributed by atoms with Gasteiger partial charge in [-0.1, -0.05) is 0 Å². The zero-order valence-corrected chi connectivity index (χ0v) is 6.53. The molecule has 2 nitrogen and oxygen atoms in total. The molecule has 1 aliphatic heterocycles. The molecule has 62 valence electrons. The minimum Gasteiger partial charge on any atom is -0.395 e. The lowest BCUT2D eigenvalue weighted by Gasteiger charge is -2.25. The van der Waals surface area contributed by atoms with Crippen molar-refractivity contribution in [1.29, 1.82) is 0 Å². The minimum absolute atomic E-state index is 0. The molecule has 4 heteroatoms. The molecule has 1 saturated heterocycles. The molecule has 0 aromatic rings. The second-order valence-corrected chi connectivity index (χ2v) is 2.40. The Hall–Kier alpha value is 0.140. The number of aliphatic hydroxyl groups is 1. The highest BCUT2D eigenvalue weighted by molar-refractivity contribution is 5.85. The fraction of sp³-hybridized carbons (Fsp3) is 1.00. The van der Waals surface area contributed by atoms with E-state index in [4.69, 9.17) is 5.11 Å². The van der Waals surface area contributed by atoms with Gasteiger partial charge in [-0.15, -0.1) is 12.4 Å². The molecular weight excluding hydrogens is 157 g/mol. The van der Waals surface area contributed by atoms with Crippen LogP contribution in [0.3, 0.4) is 0 Å². The average Bonchev–Trinajstić information content (AvgIpc) is 1.89. The lowest BCUT2D eigenvalue weighted by molar-refractivity contribution is 0.135. The molecule has 1 rings (SSSR count). The zero-order valence-electron chi connectivity index (χ0n) is 5.72. The van der Waals surface area contributed by atoms with Crippen molar-refractivity contribution in [3.8, 4) is 0 Å². The molecule has 0 aromatic heterocycles. The van der Waals surface area contributed by atoms with Gasteiger partial charge in [0.25, 0.3) is 0 Å². The van der Waals surface area contributed by atoms with Crippen LogP contribution in [0.1, 0.15) is 12.8 Å². The third-order valence-electron chi connectivity index (χ3n) is 1.70. The first-order valence-corrected chi connectivity index (χ1v) is 3.33. The van der Waals surface area contributed by atoms with Gasteiger partial charge < -0.3 is 10.4 Å².